The highest BCUT2D eigenvalue weighted by Crippen LogP contribution is 2.23. The highest BCUT2D eigenvalue weighted by molar-refractivity contribution is 8.33. The molecule has 22 heavy (non-hydrogen) atoms. The zero-order valence-electron chi connectivity index (χ0n) is 11.0. The monoisotopic (exact) mass is 361 g/mol. The minimum Gasteiger partial charge on any atom is -0.337 e. The van der Waals surface area contributed by atoms with Gasteiger partial charge >= 0.3 is 0 Å². The van der Waals surface area contributed by atoms with Crippen molar-refractivity contribution < 1.29 is 13.0 Å². The summed E-state index contributed by atoms with van der Waals surface area (Å²) in [6, 6.07) is 5.00. The summed E-state index contributed by atoms with van der Waals surface area (Å²) in [5.41, 5.74) is 0.131. The first kappa shape index (κ1) is 16.8. The summed E-state index contributed by atoms with van der Waals surface area (Å²) in [6.07, 6.45) is 3.07. The van der Waals surface area contributed by atoms with Crippen LogP contribution in [0.4, 0.5) is 8.78 Å². The maximum atomic E-state index is 13.8. The van der Waals surface area contributed by atoms with Gasteiger partial charge in [-0.15, -0.1) is 12.4 Å². The topological polar surface area (TPSA) is 39.1 Å². The minimum atomic E-state index is -0.819. The van der Waals surface area contributed by atoms with E-state index < -0.39 is 21.1 Å². The molecule has 1 unspecified atom stereocenters. The molecular weight excluding hydrogens is 352 g/mol. The largest absolute Gasteiger partial charge is 0.337 e. The summed E-state index contributed by atoms with van der Waals surface area (Å²) in [4.78, 5) is 11.8. The van der Waals surface area contributed by atoms with E-state index in [0.29, 0.717) is 20.8 Å². The Morgan fingerprint density at radius 1 is 1.18 bits per heavy atom. The molecule has 116 valence electrons. The Morgan fingerprint density at radius 2 is 1.86 bits per heavy atom. The number of hydrogen-bond donors (Lipinski definition) is 0. The second-order valence-electron chi connectivity index (χ2n) is 4.40. The van der Waals surface area contributed by atoms with E-state index in [-0.39, 0.29) is 29.9 Å². The Hall–Kier alpha value is -1.57. The maximum absolute atomic E-state index is 13.8. The van der Waals surface area contributed by atoms with Crippen molar-refractivity contribution in [3.63, 3.8) is 0 Å². The quantitative estimate of drug-likeness (QED) is 0.825. The average Bonchev–Trinajstić information content (AvgIpc) is 2.90. The second kappa shape index (κ2) is 6.68. The number of benzene rings is 1. The number of pyridine rings is 1. The summed E-state index contributed by atoms with van der Waals surface area (Å²) in [5, 5.41) is 2.17. The lowest BCUT2D eigenvalue weighted by Crippen LogP contribution is -2.15. The summed E-state index contributed by atoms with van der Waals surface area (Å²) in [5.74, 6) is -1.30. The Balaban J connectivity index is 0.00000176. The smallest absolute Gasteiger partial charge is 0.189 e. The molecule has 3 nitrogen and oxygen atoms in total. The van der Waals surface area contributed by atoms with E-state index in [0.717, 1.165) is 0 Å². The molecule has 0 fully saturated rings. The Morgan fingerprint density at radius 3 is 2.50 bits per heavy atom. The lowest BCUT2D eigenvalue weighted by Gasteiger charge is -2.13. The van der Waals surface area contributed by atoms with Gasteiger partial charge in [-0.3, -0.25) is 4.79 Å². The van der Waals surface area contributed by atoms with Gasteiger partial charge in [0.1, 0.15) is 21.9 Å². The Kier molecular flexibility index (Phi) is 5.10. The second-order valence-corrected chi connectivity index (χ2v) is 7.27. The van der Waals surface area contributed by atoms with Crippen LogP contribution in [0.25, 0.3) is 6.08 Å². The molecule has 0 amide bonds. The summed E-state index contributed by atoms with van der Waals surface area (Å²) in [7, 11) is -0.459. The zero-order valence-corrected chi connectivity index (χ0v) is 13.4. The van der Waals surface area contributed by atoms with E-state index in [1.54, 1.807) is 16.1 Å². The predicted molar refractivity (Wildman–Crippen MR) is 86.2 cm³/mol. The van der Waals surface area contributed by atoms with Crippen molar-refractivity contribution in [2.75, 3.05) is 0 Å². The van der Waals surface area contributed by atoms with Crippen LogP contribution in [-0.2, 0) is 26.2 Å². The molecule has 0 spiro atoms. The van der Waals surface area contributed by atoms with Crippen molar-refractivity contribution in [1.82, 2.24) is 4.57 Å². The fourth-order valence-corrected chi connectivity index (χ4v) is 4.47. The fourth-order valence-electron chi connectivity index (χ4n) is 2.18. The minimum absolute atomic E-state index is 0. The van der Waals surface area contributed by atoms with Gasteiger partial charge in [0.2, 0.25) is 0 Å². The zero-order chi connectivity index (χ0) is 15.0. The van der Waals surface area contributed by atoms with Crippen LogP contribution in [0.2, 0.25) is 0 Å². The number of hydrogen-bond acceptors (Lipinski definition) is 2. The molecule has 1 aliphatic heterocycles. The molecule has 0 saturated heterocycles. The van der Waals surface area contributed by atoms with Gasteiger partial charge in [0.15, 0.2) is 5.43 Å². The van der Waals surface area contributed by atoms with Crippen molar-refractivity contribution in [2.24, 2.45) is 0 Å². The van der Waals surface area contributed by atoms with Gasteiger partial charge < -0.3 is 4.57 Å². The van der Waals surface area contributed by atoms with Crippen LogP contribution >= 0.6 is 12.4 Å². The van der Waals surface area contributed by atoms with Gasteiger partial charge in [-0.1, -0.05) is 6.07 Å². The number of nitrogens with zero attached hydrogens (tertiary/aromatic N) is 1. The third-order valence-corrected chi connectivity index (χ3v) is 5.79. The van der Waals surface area contributed by atoms with Crippen LogP contribution in [-0.4, -0.2) is 8.78 Å². The third-order valence-electron chi connectivity index (χ3n) is 3.17. The Bertz CT molecular complexity index is 869. The predicted octanol–water partition coefficient (Wildman–Crippen LogP) is 2.69. The van der Waals surface area contributed by atoms with Gasteiger partial charge in [-0.2, -0.15) is 0 Å². The van der Waals surface area contributed by atoms with Crippen molar-refractivity contribution in [3.05, 3.63) is 68.9 Å². The van der Waals surface area contributed by atoms with E-state index in [9.17, 15) is 17.8 Å². The molecule has 0 saturated carbocycles. The first-order chi connectivity index (χ1) is 10.1. The summed E-state index contributed by atoms with van der Waals surface area (Å²) >= 11 is 0. The van der Waals surface area contributed by atoms with Crippen LogP contribution in [0, 0.1) is 11.6 Å². The summed E-state index contributed by atoms with van der Waals surface area (Å²) < 4.78 is 40.2. The van der Waals surface area contributed by atoms with Crippen molar-refractivity contribution in [3.8, 4) is 0 Å². The van der Waals surface area contributed by atoms with Crippen molar-refractivity contribution in [1.29, 1.82) is 0 Å². The number of halogens is 3. The highest BCUT2D eigenvalue weighted by atomic mass is 35.5. The molecule has 3 rings (SSSR count). The van der Waals surface area contributed by atoms with Crippen LogP contribution in [0.15, 0.2) is 45.7 Å². The fraction of sp³-hybridized carbons (Fsp3) is 0.0714. The van der Waals surface area contributed by atoms with Crippen LogP contribution in [0.1, 0.15) is 11.1 Å². The van der Waals surface area contributed by atoms with Crippen molar-refractivity contribution in [2.45, 2.75) is 11.6 Å². The van der Waals surface area contributed by atoms with Crippen LogP contribution < -0.4 is 5.43 Å². The SMILES string of the molecule is Cl.O=S=S1C=Cc2c1n(Cc1c(F)cccc1F)ccc2=O. The molecule has 1 aromatic heterocycles. The van der Waals surface area contributed by atoms with Crippen LogP contribution in [0.3, 0.4) is 0 Å². The van der Waals surface area contributed by atoms with Gasteiger partial charge in [-0.25, -0.2) is 13.0 Å². The summed E-state index contributed by atoms with van der Waals surface area (Å²) in [6.45, 7) is -0.0626. The average molecular weight is 362 g/mol. The first-order valence-corrected chi connectivity index (χ1v) is 8.54. The highest BCUT2D eigenvalue weighted by Gasteiger charge is 2.19. The van der Waals surface area contributed by atoms with E-state index in [1.165, 1.54) is 30.5 Å². The lowest BCUT2D eigenvalue weighted by molar-refractivity contribution is 0.536. The molecule has 0 N–H and O–H groups in total. The van der Waals surface area contributed by atoms with Gasteiger partial charge in [0.25, 0.3) is 0 Å². The van der Waals surface area contributed by atoms with E-state index in [2.05, 4.69) is 0 Å². The normalized spacial score (nSPS) is 15.3. The molecule has 1 aliphatic rings. The lowest BCUT2D eigenvalue weighted by atomic mass is 10.2. The number of fused-ring (bicyclic) bond motifs is 1. The number of rotatable bonds is 2. The molecule has 1 atom stereocenters. The number of aromatic nitrogens is 1. The van der Waals surface area contributed by atoms with Gasteiger partial charge in [0.05, 0.1) is 17.1 Å². The molecule has 1 aromatic carbocycles. The first-order valence-electron chi connectivity index (χ1n) is 5.99. The molecule has 2 aromatic rings. The van der Waals surface area contributed by atoms with E-state index in [4.69, 9.17) is 0 Å². The molecular formula is C14H10ClF2NO2S2. The van der Waals surface area contributed by atoms with Gasteiger partial charge in [-0.05, 0) is 33.1 Å². The maximum Gasteiger partial charge on any atom is 0.189 e. The molecule has 0 radical (unpaired) electrons. The van der Waals surface area contributed by atoms with E-state index >= 15 is 0 Å². The standard InChI is InChI=1S/C14H9F2NO2S2.ClH/c15-11-2-1-3-12(16)10(11)8-17-6-4-13(18)9-5-7-21(20-19)14(9)17;/h1-7H,8H2;1H. The third kappa shape index (κ3) is 2.84. The molecule has 0 bridgehead atoms. The van der Waals surface area contributed by atoms with Gasteiger partial charge in [0, 0.05) is 17.8 Å². The van der Waals surface area contributed by atoms with E-state index in [1.807, 2.05) is 0 Å². The molecule has 0 aliphatic carbocycles. The van der Waals surface area contributed by atoms with Crippen LogP contribution in [0.5, 0.6) is 0 Å². The molecule has 2 heterocycles. The van der Waals surface area contributed by atoms with Crippen molar-refractivity contribution >= 4 is 38.2 Å². The Labute approximate surface area is 136 Å². The molecule has 8 heteroatoms.